The van der Waals surface area contributed by atoms with Crippen LogP contribution in [0.4, 0.5) is 0 Å². The number of methoxy groups -OCH3 is 1. The molecule has 0 aliphatic heterocycles. The lowest BCUT2D eigenvalue weighted by atomic mass is 10.0. The Bertz CT molecular complexity index is 302. The Balaban J connectivity index is 2.71. The number of hydrogen-bond acceptors (Lipinski definition) is 3. The zero-order valence-electron chi connectivity index (χ0n) is 10.3. The van der Waals surface area contributed by atoms with Crippen molar-refractivity contribution in [3.63, 3.8) is 0 Å². The van der Waals surface area contributed by atoms with Gasteiger partial charge in [-0.25, -0.2) is 0 Å². The average molecular weight is 223 g/mol. The van der Waals surface area contributed by atoms with E-state index in [0.717, 1.165) is 18.8 Å². The SMILES string of the molecule is CCOc1cccc(C(CCOC)NC)c1. The summed E-state index contributed by atoms with van der Waals surface area (Å²) in [6.45, 7) is 3.45. The minimum Gasteiger partial charge on any atom is -0.494 e. The van der Waals surface area contributed by atoms with Gasteiger partial charge in [0.2, 0.25) is 0 Å². The summed E-state index contributed by atoms with van der Waals surface area (Å²) in [6.07, 6.45) is 0.961. The molecule has 1 unspecified atom stereocenters. The predicted octanol–water partition coefficient (Wildman–Crippen LogP) is 2.38. The molecule has 16 heavy (non-hydrogen) atoms. The van der Waals surface area contributed by atoms with Crippen LogP contribution in [0.15, 0.2) is 24.3 Å². The molecule has 0 spiro atoms. The van der Waals surface area contributed by atoms with Gasteiger partial charge >= 0.3 is 0 Å². The molecule has 1 N–H and O–H groups in total. The molecular weight excluding hydrogens is 202 g/mol. The maximum Gasteiger partial charge on any atom is 0.119 e. The first kappa shape index (κ1) is 13.0. The van der Waals surface area contributed by atoms with Gasteiger partial charge in [0.1, 0.15) is 5.75 Å². The van der Waals surface area contributed by atoms with Crippen molar-refractivity contribution in [1.82, 2.24) is 5.32 Å². The van der Waals surface area contributed by atoms with Crippen LogP contribution in [0, 0.1) is 0 Å². The Morgan fingerprint density at radius 1 is 1.38 bits per heavy atom. The fourth-order valence-corrected chi connectivity index (χ4v) is 1.70. The van der Waals surface area contributed by atoms with Crippen LogP contribution in [-0.4, -0.2) is 27.4 Å². The molecule has 1 atom stereocenters. The smallest absolute Gasteiger partial charge is 0.119 e. The van der Waals surface area contributed by atoms with Gasteiger partial charge in [0.05, 0.1) is 6.61 Å². The highest BCUT2D eigenvalue weighted by Crippen LogP contribution is 2.21. The van der Waals surface area contributed by atoms with E-state index < -0.39 is 0 Å². The summed E-state index contributed by atoms with van der Waals surface area (Å²) in [5.74, 6) is 0.928. The van der Waals surface area contributed by atoms with Gasteiger partial charge in [-0.1, -0.05) is 12.1 Å². The topological polar surface area (TPSA) is 30.5 Å². The van der Waals surface area contributed by atoms with Crippen LogP contribution in [0.2, 0.25) is 0 Å². The van der Waals surface area contributed by atoms with Crippen molar-refractivity contribution < 1.29 is 9.47 Å². The fraction of sp³-hybridized carbons (Fsp3) is 0.538. The van der Waals surface area contributed by atoms with Crippen molar-refractivity contribution in [2.24, 2.45) is 0 Å². The van der Waals surface area contributed by atoms with Crippen LogP contribution in [0.3, 0.4) is 0 Å². The molecule has 0 aliphatic carbocycles. The molecule has 0 amide bonds. The lowest BCUT2D eigenvalue weighted by Gasteiger charge is -2.17. The summed E-state index contributed by atoms with van der Waals surface area (Å²) >= 11 is 0. The van der Waals surface area contributed by atoms with Crippen LogP contribution in [0.5, 0.6) is 5.75 Å². The zero-order chi connectivity index (χ0) is 11.8. The van der Waals surface area contributed by atoms with Crippen molar-refractivity contribution in [1.29, 1.82) is 0 Å². The molecule has 0 saturated heterocycles. The van der Waals surface area contributed by atoms with Gasteiger partial charge in [-0.05, 0) is 38.1 Å². The Kier molecular flexibility index (Phi) is 5.90. The van der Waals surface area contributed by atoms with Crippen LogP contribution in [0.25, 0.3) is 0 Å². The van der Waals surface area contributed by atoms with E-state index in [9.17, 15) is 0 Å². The minimum absolute atomic E-state index is 0.320. The first-order valence-corrected chi connectivity index (χ1v) is 5.70. The van der Waals surface area contributed by atoms with Gasteiger partial charge in [0, 0.05) is 19.8 Å². The quantitative estimate of drug-likeness (QED) is 0.770. The molecule has 3 nitrogen and oxygen atoms in total. The van der Waals surface area contributed by atoms with Crippen LogP contribution in [0.1, 0.15) is 24.9 Å². The molecule has 1 aromatic carbocycles. The number of benzene rings is 1. The molecule has 0 fully saturated rings. The third-order valence-corrected chi connectivity index (χ3v) is 2.53. The largest absolute Gasteiger partial charge is 0.494 e. The van der Waals surface area contributed by atoms with Gasteiger partial charge < -0.3 is 14.8 Å². The van der Waals surface area contributed by atoms with E-state index in [-0.39, 0.29) is 0 Å². The van der Waals surface area contributed by atoms with E-state index in [1.165, 1.54) is 5.56 Å². The van der Waals surface area contributed by atoms with Gasteiger partial charge in [-0.3, -0.25) is 0 Å². The summed E-state index contributed by atoms with van der Waals surface area (Å²) in [4.78, 5) is 0. The number of ether oxygens (including phenoxy) is 2. The van der Waals surface area contributed by atoms with E-state index in [1.807, 2.05) is 26.1 Å². The molecule has 0 aromatic heterocycles. The molecule has 0 aliphatic rings. The average Bonchev–Trinajstić information content (AvgIpc) is 2.31. The molecule has 90 valence electrons. The first-order valence-electron chi connectivity index (χ1n) is 5.70. The van der Waals surface area contributed by atoms with Crippen LogP contribution >= 0.6 is 0 Å². The van der Waals surface area contributed by atoms with E-state index >= 15 is 0 Å². The summed E-state index contributed by atoms with van der Waals surface area (Å²) in [6, 6.07) is 8.52. The van der Waals surface area contributed by atoms with Gasteiger partial charge in [-0.15, -0.1) is 0 Å². The van der Waals surface area contributed by atoms with E-state index in [2.05, 4.69) is 17.4 Å². The third kappa shape index (κ3) is 3.83. The Morgan fingerprint density at radius 3 is 2.81 bits per heavy atom. The molecule has 1 aromatic rings. The molecular formula is C13H21NO2. The lowest BCUT2D eigenvalue weighted by molar-refractivity contribution is 0.184. The second kappa shape index (κ2) is 7.25. The van der Waals surface area contributed by atoms with Crippen LogP contribution < -0.4 is 10.1 Å². The number of rotatable bonds is 7. The molecule has 3 heteroatoms. The van der Waals surface area contributed by atoms with Gasteiger partial charge in [-0.2, -0.15) is 0 Å². The predicted molar refractivity (Wildman–Crippen MR) is 65.9 cm³/mol. The summed E-state index contributed by atoms with van der Waals surface area (Å²) < 4.78 is 10.6. The number of hydrogen-bond donors (Lipinski definition) is 1. The van der Waals surface area contributed by atoms with E-state index in [0.29, 0.717) is 12.6 Å². The Labute approximate surface area is 97.8 Å². The lowest BCUT2D eigenvalue weighted by Crippen LogP contribution is -2.18. The highest BCUT2D eigenvalue weighted by Gasteiger charge is 2.09. The van der Waals surface area contributed by atoms with Crippen LogP contribution in [-0.2, 0) is 4.74 Å². The molecule has 0 radical (unpaired) electrons. The van der Waals surface area contributed by atoms with Gasteiger partial charge in [0.25, 0.3) is 0 Å². The summed E-state index contributed by atoms with van der Waals surface area (Å²) in [5, 5.41) is 3.29. The van der Waals surface area contributed by atoms with Crippen molar-refractivity contribution in [2.45, 2.75) is 19.4 Å². The highest BCUT2D eigenvalue weighted by molar-refractivity contribution is 5.30. The normalized spacial score (nSPS) is 12.4. The van der Waals surface area contributed by atoms with Crippen molar-refractivity contribution >= 4 is 0 Å². The maximum atomic E-state index is 5.49. The third-order valence-electron chi connectivity index (χ3n) is 2.53. The molecule has 1 rings (SSSR count). The standard InChI is InChI=1S/C13H21NO2/c1-4-16-12-7-5-6-11(10-12)13(14-2)8-9-15-3/h5-7,10,13-14H,4,8-9H2,1-3H3. The summed E-state index contributed by atoms with van der Waals surface area (Å²) in [7, 11) is 3.69. The maximum absolute atomic E-state index is 5.49. The second-order valence-corrected chi connectivity index (χ2v) is 3.63. The van der Waals surface area contributed by atoms with Crippen molar-refractivity contribution in [2.75, 3.05) is 27.4 Å². The number of nitrogens with one attached hydrogen (secondary N) is 1. The Morgan fingerprint density at radius 2 is 2.19 bits per heavy atom. The molecule has 0 heterocycles. The highest BCUT2D eigenvalue weighted by atomic mass is 16.5. The monoisotopic (exact) mass is 223 g/mol. The zero-order valence-corrected chi connectivity index (χ0v) is 10.3. The van der Waals surface area contributed by atoms with Crippen molar-refractivity contribution in [3.05, 3.63) is 29.8 Å². The van der Waals surface area contributed by atoms with Crippen molar-refractivity contribution in [3.8, 4) is 5.75 Å². The second-order valence-electron chi connectivity index (χ2n) is 3.63. The minimum atomic E-state index is 0.320. The molecule has 0 saturated carbocycles. The summed E-state index contributed by atoms with van der Waals surface area (Å²) in [5.41, 5.74) is 1.24. The Hall–Kier alpha value is -1.06. The van der Waals surface area contributed by atoms with Gasteiger partial charge in [0.15, 0.2) is 0 Å². The first-order chi connectivity index (χ1) is 7.81. The fourth-order valence-electron chi connectivity index (χ4n) is 1.70. The van der Waals surface area contributed by atoms with E-state index in [4.69, 9.17) is 9.47 Å². The molecule has 0 bridgehead atoms. The van der Waals surface area contributed by atoms with E-state index in [1.54, 1.807) is 7.11 Å².